The zero-order valence-electron chi connectivity index (χ0n) is 11.8. The molecule has 0 bridgehead atoms. The highest BCUT2D eigenvalue weighted by molar-refractivity contribution is 5.46. The Morgan fingerprint density at radius 1 is 1.45 bits per heavy atom. The fourth-order valence-corrected chi connectivity index (χ4v) is 2.24. The van der Waals surface area contributed by atoms with Crippen molar-refractivity contribution in [3.63, 3.8) is 0 Å². The van der Waals surface area contributed by atoms with E-state index < -0.39 is 0 Å². The van der Waals surface area contributed by atoms with Crippen LogP contribution in [-0.2, 0) is 4.74 Å². The summed E-state index contributed by atoms with van der Waals surface area (Å²) in [4.78, 5) is 0. The first-order valence-electron chi connectivity index (χ1n) is 6.97. The third-order valence-electron chi connectivity index (χ3n) is 3.33. The fourth-order valence-electron chi connectivity index (χ4n) is 2.24. The largest absolute Gasteiger partial charge is 0.493 e. The average molecular weight is 277 g/mol. The van der Waals surface area contributed by atoms with Crippen LogP contribution >= 0.6 is 0 Å². The van der Waals surface area contributed by atoms with Gasteiger partial charge >= 0.3 is 0 Å². The van der Waals surface area contributed by atoms with Gasteiger partial charge < -0.3 is 19.5 Å². The molecule has 20 heavy (non-hydrogen) atoms. The number of ether oxygens (including phenoxy) is 3. The van der Waals surface area contributed by atoms with E-state index in [9.17, 15) is 0 Å². The van der Waals surface area contributed by atoms with Crippen molar-refractivity contribution in [1.29, 1.82) is 5.26 Å². The van der Waals surface area contributed by atoms with Crippen molar-refractivity contribution in [2.45, 2.75) is 18.9 Å². The Bertz CT molecular complexity index is 465. The van der Waals surface area contributed by atoms with Crippen LogP contribution in [0.1, 0.15) is 18.4 Å². The summed E-state index contributed by atoms with van der Waals surface area (Å²) in [5.41, 5.74) is 0.575. The van der Waals surface area contributed by atoms with E-state index in [0.29, 0.717) is 29.8 Å². The zero-order chi connectivity index (χ0) is 14.2. The molecule has 1 aromatic carbocycles. The van der Waals surface area contributed by atoms with Gasteiger partial charge in [0.05, 0.1) is 38.5 Å². The summed E-state index contributed by atoms with van der Waals surface area (Å²) >= 11 is 0. The highest BCUT2D eigenvalue weighted by Crippen LogP contribution is 2.28. The molecule has 0 amide bonds. The van der Waals surface area contributed by atoms with E-state index in [1.165, 1.54) is 0 Å². The molecular formula is C15H21N2O3+. The van der Waals surface area contributed by atoms with Crippen LogP contribution in [0, 0.1) is 11.3 Å². The molecule has 5 heteroatoms. The predicted octanol–water partition coefficient (Wildman–Crippen LogP) is 0.688. The number of nitrogens with two attached hydrogens (primary N) is 1. The lowest BCUT2D eigenvalue weighted by Gasteiger charge is -2.20. The van der Waals surface area contributed by atoms with Crippen LogP contribution in [0.25, 0.3) is 0 Å². The van der Waals surface area contributed by atoms with Gasteiger partial charge in [-0.15, -0.1) is 0 Å². The highest BCUT2D eigenvalue weighted by Gasteiger charge is 2.15. The molecule has 2 rings (SSSR count). The van der Waals surface area contributed by atoms with Crippen molar-refractivity contribution in [3.8, 4) is 17.6 Å². The molecule has 0 radical (unpaired) electrons. The Labute approximate surface area is 119 Å². The van der Waals surface area contributed by atoms with Crippen molar-refractivity contribution >= 4 is 0 Å². The van der Waals surface area contributed by atoms with Gasteiger partial charge in [-0.05, 0) is 25.0 Å². The molecule has 1 aliphatic heterocycles. The maximum atomic E-state index is 8.90. The van der Waals surface area contributed by atoms with Gasteiger partial charge in [-0.25, -0.2) is 0 Å². The summed E-state index contributed by atoms with van der Waals surface area (Å²) in [5.74, 6) is 1.29. The predicted molar refractivity (Wildman–Crippen MR) is 73.8 cm³/mol. The van der Waals surface area contributed by atoms with E-state index >= 15 is 0 Å². The molecule has 108 valence electrons. The number of methoxy groups -OCH3 is 1. The minimum atomic E-state index is 0.333. The van der Waals surface area contributed by atoms with Crippen LogP contribution in [0.15, 0.2) is 18.2 Å². The summed E-state index contributed by atoms with van der Waals surface area (Å²) in [6, 6.07) is 7.29. The van der Waals surface area contributed by atoms with E-state index in [1.54, 1.807) is 25.3 Å². The smallest absolute Gasteiger partial charge is 0.162 e. The highest BCUT2D eigenvalue weighted by atomic mass is 16.5. The normalized spacial score (nSPS) is 18.3. The van der Waals surface area contributed by atoms with Gasteiger partial charge in [-0.1, -0.05) is 0 Å². The number of hydrogen-bond donors (Lipinski definition) is 1. The third kappa shape index (κ3) is 4.12. The molecule has 0 aliphatic carbocycles. The molecule has 0 unspecified atom stereocenters. The summed E-state index contributed by atoms with van der Waals surface area (Å²) in [6.07, 6.45) is 2.26. The Morgan fingerprint density at radius 2 is 2.35 bits per heavy atom. The second-order valence-electron chi connectivity index (χ2n) is 4.77. The summed E-state index contributed by atoms with van der Waals surface area (Å²) in [7, 11) is 1.60. The monoisotopic (exact) mass is 277 g/mol. The lowest BCUT2D eigenvalue weighted by molar-refractivity contribution is -0.677. The first kappa shape index (κ1) is 14.6. The molecule has 1 fully saturated rings. The zero-order valence-corrected chi connectivity index (χ0v) is 11.8. The van der Waals surface area contributed by atoms with Gasteiger partial charge in [0.25, 0.3) is 0 Å². The maximum absolute atomic E-state index is 8.90. The number of morpholine rings is 1. The van der Waals surface area contributed by atoms with Crippen molar-refractivity contribution in [2.75, 3.05) is 33.4 Å². The van der Waals surface area contributed by atoms with Crippen LogP contribution in [0.2, 0.25) is 0 Å². The number of quaternary nitrogens is 1. The SMILES string of the molecule is COc1ccc(C#N)cc1OCCC[C@H]1C[NH2+]CCO1. The summed E-state index contributed by atoms with van der Waals surface area (Å²) < 4.78 is 16.6. The summed E-state index contributed by atoms with van der Waals surface area (Å²) in [6.45, 7) is 3.53. The second kappa shape index (κ2) is 7.73. The Kier molecular flexibility index (Phi) is 5.66. The Hall–Kier alpha value is -1.77. The Morgan fingerprint density at radius 3 is 3.05 bits per heavy atom. The van der Waals surface area contributed by atoms with E-state index in [0.717, 1.165) is 32.5 Å². The molecule has 1 aromatic rings. The summed E-state index contributed by atoms with van der Waals surface area (Å²) in [5, 5.41) is 11.2. The van der Waals surface area contributed by atoms with Crippen LogP contribution in [0.5, 0.6) is 11.5 Å². The molecule has 1 heterocycles. The van der Waals surface area contributed by atoms with Crippen LogP contribution in [0.4, 0.5) is 0 Å². The van der Waals surface area contributed by atoms with Crippen molar-refractivity contribution in [1.82, 2.24) is 0 Å². The van der Waals surface area contributed by atoms with Crippen molar-refractivity contribution < 1.29 is 19.5 Å². The second-order valence-corrected chi connectivity index (χ2v) is 4.77. The molecule has 1 atom stereocenters. The molecule has 0 aromatic heterocycles. The number of hydrogen-bond acceptors (Lipinski definition) is 4. The lowest BCUT2D eigenvalue weighted by atomic mass is 10.2. The number of nitriles is 1. The molecule has 0 saturated carbocycles. The lowest BCUT2D eigenvalue weighted by Crippen LogP contribution is -2.89. The molecular weight excluding hydrogens is 256 g/mol. The molecule has 0 spiro atoms. The van der Waals surface area contributed by atoms with Gasteiger partial charge in [0, 0.05) is 6.07 Å². The van der Waals surface area contributed by atoms with Gasteiger partial charge in [-0.3, -0.25) is 0 Å². The molecule has 1 saturated heterocycles. The van der Waals surface area contributed by atoms with Gasteiger partial charge in [-0.2, -0.15) is 5.26 Å². The number of rotatable bonds is 6. The number of benzene rings is 1. The van der Waals surface area contributed by atoms with Gasteiger partial charge in [0.1, 0.15) is 12.6 Å². The first-order chi connectivity index (χ1) is 9.83. The van der Waals surface area contributed by atoms with E-state index in [2.05, 4.69) is 11.4 Å². The number of nitrogens with zero attached hydrogens (tertiary/aromatic N) is 1. The topological polar surface area (TPSA) is 68.1 Å². The minimum absolute atomic E-state index is 0.333. The van der Waals surface area contributed by atoms with Crippen LogP contribution in [-0.4, -0.2) is 39.5 Å². The van der Waals surface area contributed by atoms with Gasteiger partial charge in [0.2, 0.25) is 0 Å². The van der Waals surface area contributed by atoms with Crippen LogP contribution in [0.3, 0.4) is 0 Å². The van der Waals surface area contributed by atoms with Crippen LogP contribution < -0.4 is 14.8 Å². The standard InChI is InChI=1S/C15H20N2O3/c1-18-14-5-4-12(10-16)9-15(14)20-7-2-3-13-11-17-6-8-19-13/h4-5,9,13,17H,2-3,6-8,11H2,1H3/p+1/t13-/m0/s1. The Balaban J connectivity index is 1.79. The van der Waals surface area contributed by atoms with Crippen molar-refractivity contribution in [3.05, 3.63) is 23.8 Å². The van der Waals surface area contributed by atoms with E-state index in [1.807, 2.05) is 0 Å². The maximum Gasteiger partial charge on any atom is 0.162 e. The van der Waals surface area contributed by atoms with Crippen molar-refractivity contribution in [2.24, 2.45) is 0 Å². The average Bonchev–Trinajstić information content (AvgIpc) is 2.52. The quantitative estimate of drug-likeness (QED) is 0.777. The first-order valence-corrected chi connectivity index (χ1v) is 6.97. The fraction of sp³-hybridized carbons (Fsp3) is 0.533. The van der Waals surface area contributed by atoms with E-state index in [4.69, 9.17) is 19.5 Å². The molecule has 5 nitrogen and oxygen atoms in total. The van der Waals surface area contributed by atoms with E-state index in [-0.39, 0.29) is 0 Å². The van der Waals surface area contributed by atoms with Gasteiger partial charge in [0.15, 0.2) is 11.5 Å². The molecule has 1 aliphatic rings. The molecule has 2 N–H and O–H groups in total. The minimum Gasteiger partial charge on any atom is -0.493 e. The third-order valence-corrected chi connectivity index (χ3v) is 3.33.